The van der Waals surface area contributed by atoms with E-state index in [-0.39, 0.29) is 12.8 Å². The molecule has 0 bridgehead atoms. The van der Waals surface area contributed by atoms with Crippen molar-refractivity contribution in [3.8, 4) is 0 Å². The fraction of sp³-hybridized carbons (Fsp3) is 0.786. The first-order chi connectivity index (χ1) is 10.3. The van der Waals surface area contributed by atoms with Gasteiger partial charge in [-0.25, -0.2) is 0 Å². The average Bonchev–Trinajstić information content (AvgIpc) is 2.42. The van der Waals surface area contributed by atoms with Crippen molar-refractivity contribution in [2.75, 3.05) is 6.54 Å². The van der Waals surface area contributed by atoms with Gasteiger partial charge in [0.1, 0.15) is 6.04 Å². The maximum Gasteiger partial charge on any atom is 0.320 e. The minimum absolute atomic E-state index is 0.188. The Morgan fingerprint density at radius 2 is 1.23 bits per heavy atom. The molecule has 0 saturated carbocycles. The zero-order valence-electron chi connectivity index (χ0n) is 12.9. The van der Waals surface area contributed by atoms with E-state index < -0.39 is 23.9 Å². The quantitative estimate of drug-likeness (QED) is 0.332. The van der Waals surface area contributed by atoms with Crippen LogP contribution in [0.4, 0.5) is 0 Å². The number of aliphatic carboxylic acids is 3. The molecule has 0 aromatic carbocycles. The topological polar surface area (TPSA) is 164 Å². The van der Waals surface area contributed by atoms with Gasteiger partial charge in [0.25, 0.3) is 0 Å². The fourth-order valence-corrected chi connectivity index (χ4v) is 1.54. The number of unbranched alkanes of at least 4 members (excludes halogenated alkanes) is 4. The molecule has 130 valence electrons. The Labute approximate surface area is 130 Å². The number of rotatable bonds is 12. The van der Waals surface area contributed by atoms with Crippen molar-refractivity contribution < 1.29 is 29.7 Å². The van der Waals surface area contributed by atoms with Gasteiger partial charge >= 0.3 is 17.9 Å². The van der Waals surface area contributed by atoms with E-state index in [9.17, 15) is 14.4 Å². The Balaban J connectivity index is 0. The highest BCUT2D eigenvalue weighted by Crippen LogP contribution is 2.04. The normalized spacial score (nSPS) is 11.2. The Hall–Kier alpha value is -1.67. The van der Waals surface area contributed by atoms with Crippen LogP contribution in [0.3, 0.4) is 0 Å². The van der Waals surface area contributed by atoms with E-state index in [1.54, 1.807) is 0 Å². The first kappa shape index (κ1) is 22.6. The molecule has 7 N–H and O–H groups in total. The molecule has 0 amide bonds. The number of hydrogen-bond donors (Lipinski definition) is 5. The van der Waals surface area contributed by atoms with Crippen molar-refractivity contribution in [2.24, 2.45) is 11.5 Å². The summed E-state index contributed by atoms with van der Waals surface area (Å²) in [5.41, 5.74) is 10.4. The largest absolute Gasteiger partial charge is 0.481 e. The van der Waals surface area contributed by atoms with Gasteiger partial charge in [-0.05, 0) is 32.2 Å². The lowest BCUT2D eigenvalue weighted by Crippen LogP contribution is -2.29. The Morgan fingerprint density at radius 3 is 1.55 bits per heavy atom. The summed E-state index contributed by atoms with van der Waals surface area (Å²) < 4.78 is 0. The standard InChI is InChI=1S/C8H14O4.C6H14N2O2/c9-7(10)5-3-1-2-4-6-8(11)12;7-4-2-1-3-5(8)6(9)10/h1-6H2,(H,9,10)(H,11,12);5H,1-4,7-8H2,(H,9,10). The zero-order chi connectivity index (χ0) is 17.4. The lowest BCUT2D eigenvalue weighted by atomic mass is 10.1. The molecule has 0 fully saturated rings. The maximum absolute atomic E-state index is 10.1. The molecule has 22 heavy (non-hydrogen) atoms. The van der Waals surface area contributed by atoms with E-state index in [2.05, 4.69) is 0 Å². The van der Waals surface area contributed by atoms with Crippen LogP contribution in [-0.2, 0) is 14.4 Å². The smallest absolute Gasteiger partial charge is 0.320 e. The van der Waals surface area contributed by atoms with E-state index in [0.717, 1.165) is 25.7 Å². The monoisotopic (exact) mass is 320 g/mol. The molecule has 8 nitrogen and oxygen atoms in total. The van der Waals surface area contributed by atoms with E-state index in [1.807, 2.05) is 0 Å². The van der Waals surface area contributed by atoms with E-state index in [4.69, 9.17) is 26.8 Å². The van der Waals surface area contributed by atoms with Crippen molar-refractivity contribution in [3.05, 3.63) is 0 Å². The SMILES string of the molecule is NCCCCC(N)C(=O)O.O=C(O)CCCCCCC(=O)O. The highest BCUT2D eigenvalue weighted by atomic mass is 16.4. The van der Waals surface area contributed by atoms with Crippen molar-refractivity contribution in [1.82, 2.24) is 0 Å². The Kier molecular flexibility index (Phi) is 16.1. The van der Waals surface area contributed by atoms with Crippen LogP contribution in [0.25, 0.3) is 0 Å². The third-order valence-corrected chi connectivity index (χ3v) is 2.82. The first-order valence-corrected chi connectivity index (χ1v) is 7.43. The summed E-state index contributed by atoms with van der Waals surface area (Å²) in [7, 11) is 0. The van der Waals surface area contributed by atoms with Crippen LogP contribution >= 0.6 is 0 Å². The number of carbonyl (C=O) groups is 3. The van der Waals surface area contributed by atoms with Gasteiger partial charge in [-0.2, -0.15) is 0 Å². The van der Waals surface area contributed by atoms with Gasteiger partial charge in [0.15, 0.2) is 0 Å². The highest BCUT2D eigenvalue weighted by Gasteiger charge is 2.09. The van der Waals surface area contributed by atoms with Crippen molar-refractivity contribution in [1.29, 1.82) is 0 Å². The van der Waals surface area contributed by atoms with Crippen molar-refractivity contribution in [2.45, 2.75) is 63.8 Å². The van der Waals surface area contributed by atoms with Gasteiger partial charge in [-0.15, -0.1) is 0 Å². The van der Waals surface area contributed by atoms with Crippen LogP contribution < -0.4 is 11.5 Å². The highest BCUT2D eigenvalue weighted by molar-refractivity contribution is 5.72. The molecule has 0 aliphatic rings. The molecule has 8 heteroatoms. The Morgan fingerprint density at radius 1 is 0.773 bits per heavy atom. The molecule has 0 aromatic heterocycles. The van der Waals surface area contributed by atoms with Crippen LogP contribution in [0, 0.1) is 0 Å². The van der Waals surface area contributed by atoms with E-state index in [0.29, 0.717) is 25.8 Å². The van der Waals surface area contributed by atoms with Crippen LogP contribution in [0.2, 0.25) is 0 Å². The molecular weight excluding hydrogens is 292 g/mol. The lowest BCUT2D eigenvalue weighted by molar-refractivity contribution is -0.139. The molecule has 0 spiro atoms. The molecule has 0 heterocycles. The molecule has 0 aromatic rings. The van der Waals surface area contributed by atoms with Gasteiger partial charge in [-0.3, -0.25) is 14.4 Å². The van der Waals surface area contributed by atoms with Gasteiger partial charge in [-0.1, -0.05) is 19.3 Å². The summed E-state index contributed by atoms with van der Waals surface area (Å²) in [4.78, 5) is 30.2. The van der Waals surface area contributed by atoms with Crippen LogP contribution in [-0.4, -0.2) is 45.8 Å². The van der Waals surface area contributed by atoms with Gasteiger partial charge in [0, 0.05) is 12.8 Å². The Bertz CT molecular complexity index is 304. The third-order valence-electron chi connectivity index (χ3n) is 2.82. The molecule has 1 atom stereocenters. The van der Waals surface area contributed by atoms with Gasteiger partial charge < -0.3 is 26.8 Å². The number of hydrogen-bond acceptors (Lipinski definition) is 5. The summed E-state index contributed by atoms with van der Waals surface area (Å²) in [5, 5.41) is 24.9. The molecule has 0 saturated heterocycles. The third kappa shape index (κ3) is 20.6. The van der Waals surface area contributed by atoms with Crippen LogP contribution in [0.1, 0.15) is 57.8 Å². The zero-order valence-corrected chi connectivity index (χ0v) is 12.9. The predicted molar refractivity (Wildman–Crippen MR) is 81.5 cm³/mol. The molecule has 1 unspecified atom stereocenters. The minimum Gasteiger partial charge on any atom is -0.481 e. The van der Waals surface area contributed by atoms with Gasteiger partial charge in [0.2, 0.25) is 0 Å². The molecule has 0 aliphatic carbocycles. The summed E-state index contributed by atoms with van der Waals surface area (Å²) in [6, 6.07) is -0.716. The van der Waals surface area contributed by atoms with Crippen molar-refractivity contribution >= 4 is 17.9 Å². The second-order valence-corrected chi connectivity index (χ2v) is 4.93. The summed E-state index contributed by atoms with van der Waals surface area (Å²) in [6.45, 7) is 0.604. The maximum atomic E-state index is 10.1. The van der Waals surface area contributed by atoms with Gasteiger partial charge in [0.05, 0.1) is 0 Å². The average molecular weight is 320 g/mol. The lowest BCUT2D eigenvalue weighted by Gasteiger charge is -2.03. The summed E-state index contributed by atoms with van der Waals surface area (Å²) in [6.07, 6.45) is 5.45. The second-order valence-electron chi connectivity index (χ2n) is 4.93. The van der Waals surface area contributed by atoms with Crippen LogP contribution in [0.15, 0.2) is 0 Å². The molecule has 0 rings (SSSR count). The summed E-state index contributed by atoms with van der Waals surface area (Å²) in [5.74, 6) is -2.50. The second kappa shape index (κ2) is 15.7. The first-order valence-electron chi connectivity index (χ1n) is 7.43. The van der Waals surface area contributed by atoms with Crippen LogP contribution in [0.5, 0.6) is 0 Å². The fourth-order valence-electron chi connectivity index (χ4n) is 1.54. The molecule has 0 radical (unpaired) electrons. The molecular formula is C14H28N2O6. The van der Waals surface area contributed by atoms with Crippen molar-refractivity contribution in [3.63, 3.8) is 0 Å². The predicted octanol–water partition coefficient (Wildman–Crippen LogP) is 1.02. The van der Waals surface area contributed by atoms with E-state index >= 15 is 0 Å². The number of nitrogens with two attached hydrogens (primary N) is 2. The minimum atomic E-state index is -0.933. The number of carboxylic acid groups (broad SMARTS) is 3. The molecule has 0 aliphatic heterocycles. The van der Waals surface area contributed by atoms with E-state index in [1.165, 1.54) is 0 Å². The number of carboxylic acids is 3. The summed E-state index contributed by atoms with van der Waals surface area (Å²) >= 11 is 0.